The van der Waals surface area contributed by atoms with Gasteiger partial charge in [0.1, 0.15) is 0 Å². The molecule has 3 rings (SSSR count). The first-order valence-corrected chi connectivity index (χ1v) is 9.52. The van der Waals surface area contributed by atoms with E-state index in [1.807, 2.05) is 11.8 Å². The molecule has 1 atom stereocenters. The van der Waals surface area contributed by atoms with Crippen molar-refractivity contribution in [2.75, 3.05) is 26.2 Å². The van der Waals surface area contributed by atoms with Crippen LogP contribution in [-0.4, -0.2) is 57.8 Å². The Labute approximate surface area is 155 Å². The molecular weight excluding hydrogens is 330 g/mol. The molecule has 2 amide bonds. The first kappa shape index (κ1) is 18.8. The van der Waals surface area contributed by atoms with Crippen LogP contribution in [0.15, 0.2) is 12.4 Å². The van der Waals surface area contributed by atoms with Gasteiger partial charge >= 0.3 is 0 Å². The maximum absolute atomic E-state index is 12.4. The number of amides is 2. The van der Waals surface area contributed by atoms with Crippen LogP contribution in [0.2, 0.25) is 0 Å². The number of carbonyl (C=O) groups excluding carboxylic acids is 2. The SMILES string of the molecule is Cc1cnc(CN2C[C@]3(CCCN(CCCC(N)=O)C3)CCC2=O)cn1. The molecule has 3 heterocycles. The fourth-order valence-electron chi connectivity index (χ4n) is 4.25. The van der Waals surface area contributed by atoms with Gasteiger partial charge in [0.05, 0.1) is 24.1 Å². The second kappa shape index (κ2) is 8.12. The van der Waals surface area contributed by atoms with Gasteiger partial charge in [0.2, 0.25) is 11.8 Å². The van der Waals surface area contributed by atoms with E-state index in [1.165, 1.54) is 0 Å². The fourth-order valence-corrected chi connectivity index (χ4v) is 4.25. The van der Waals surface area contributed by atoms with E-state index in [9.17, 15) is 9.59 Å². The molecule has 0 radical (unpaired) electrons. The summed E-state index contributed by atoms with van der Waals surface area (Å²) < 4.78 is 0. The minimum absolute atomic E-state index is 0.164. The molecule has 0 saturated carbocycles. The molecular formula is C19H29N5O2. The van der Waals surface area contributed by atoms with Crippen molar-refractivity contribution in [3.63, 3.8) is 0 Å². The maximum Gasteiger partial charge on any atom is 0.222 e. The van der Waals surface area contributed by atoms with Gasteiger partial charge in [-0.3, -0.25) is 19.6 Å². The zero-order valence-corrected chi connectivity index (χ0v) is 15.6. The Balaban J connectivity index is 1.61. The average Bonchev–Trinajstić information content (AvgIpc) is 2.60. The third-order valence-corrected chi connectivity index (χ3v) is 5.57. The standard InChI is InChI=1S/C19H29N5O2/c1-15-10-22-16(11-21-15)12-24-14-19(7-5-18(24)26)6-3-9-23(13-19)8-2-4-17(20)25/h10-11H,2-9,12-14H2,1H3,(H2,20,25)/t19-/m1/s1. The summed E-state index contributed by atoms with van der Waals surface area (Å²) in [5.74, 6) is -0.0192. The lowest BCUT2D eigenvalue weighted by molar-refractivity contribution is -0.140. The van der Waals surface area contributed by atoms with Crippen LogP contribution < -0.4 is 5.73 Å². The van der Waals surface area contributed by atoms with Crippen molar-refractivity contribution >= 4 is 11.8 Å². The Hall–Kier alpha value is -2.02. The highest BCUT2D eigenvalue weighted by Gasteiger charge is 2.41. The molecule has 2 aliphatic rings. The number of likely N-dealkylation sites (tertiary alicyclic amines) is 2. The molecule has 0 unspecified atom stereocenters. The smallest absolute Gasteiger partial charge is 0.222 e. The summed E-state index contributed by atoms with van der Waals surface area (Å²) in [5, 5.41) is 0. The molecule has 0 aliphatic carbocycles. The number of carbonyl (C=O) groups is 2. The summed E-state index contributed by atoms with van der Waals surface area (Å²) >= 11 is 0. The average molecular weight is 359 g/mol. The molecule has 7 heteroatoms. The van der Waals surface area contributed by atoms with Crippen LogP contribution >= 0.6 is 0 Å². The number of rotatable bonds is 6. The Morgan fingerprint density at radius 1 is 1.27 bits per heavy atom. The number of hydrogen-bond acceptors (Lipinski definition) is 5. The van der Waals surface area contributed by atoms with Crippen molar-refractivity contribution in [1.29, 1.82) is 0 Å². The highest BCUT2D eigenvalue weighted by atomic mass is 16.2. The molecule has 2 fully saturated rings. The van der Waals surface area contributed by atoms with Gasteiger partial charge in [0, 0.05) is 37.5 Å². The van der Waals surface area contributed by atoms with Gasteiger partial charge < -0.3 is 15.5 Å². The highest BCUT2D eigenvalue weighted by Crippen LogP contribution is 2.39. The Morgan fingerprint density at radius 2 is 2.12 bits per heavy atom. The number of primary amides is 1. The normalized spacial score (nSPS) is 24.2. The summed E-state index contributed by atoms with van der Waals surface area (Å²) in [4.78, 5) is 36.5. The van der Waals surface area contributed by atoms with E-state index in [0.717, 1.165) is 63.3 Å². The molecule has 1 aromatic rings. The number of hydrogen-bond donors (Lipinski definition) is 1. The topological polar surface area (TPSA) is 92.4 Å². The van der Waals surface area contributed by atoms with Gasteiger partial charge in [-0.05, 0) is 45.7 Å². The molecule has 26 heavy (non-hydrogen) atoms. The van der Waals surface area contributed by atoms with E-state index in [1.54, 1.807) is 12.4 Å². The maximum atomic E-state index is 12.4. The van der Waals surface area contributed by atoms with Crippen molar-refractivity contribution in [2.24, 2.45) is 11.1 Å². The van der Waals surface area contributed by atoms with E-state index in [-0.39, 0.29) is 17.2 Å². The van der Waals surface area contributed by atoms with Crippen molar-refractivity contribution in [2.45, 2.75) is 52.0 Å². The number of aryl methyl sites for hydroxylation is 1. The number of piperidine rings is 2. The lowest BCUT2D eigenvalue weighted by atomic mass is 9.73. The zero-order chi connectivity index (χ0) is 18.6. The van der Waals surface area contributed by atoms with Gasteiger partial charge in [-0.2, -0.15) is 0 Å². The Bertz CT molecular complexity index is 648. The molecule has 0 aromatic carbocycles. The monoisotopic (exact) mass is 359 g/mol. The van der Waals surface area contributed by atoms with Gasteiger partial charge in [0.15, 0.2) is 0 Å². The van der Waals surface area contributed by atoms with Crippen LogP contribution in [0.5, 0.6) is 0 Å². The summed E-state index contributed by atoms with van der Waals surface area (Å²) in [6.45, 7) is 6.20. The van der Waals surface area contributed by atoms with Crippen molar-refractivity contribution in [1.82, 2.24) is 19.8 Å². The lowest BCUT2D eigenvalue weighted by Crippen LogP contribution is -2.53. The van der Waals surface area contributed by atoms with Crippen LogP contribution in [0.1, 0.15) is 49.9 Å². The van der Waals surface area contributed by atoms with Crippen molar-refractivity contribution < 1.29 is 9.59 Å². The second-order valence-electron chi connectivity index (χ2n) is 7.85. The molecule has 142 valence electrons. The third-order valence-electron chi connectivity index (χ3n) is 5.57. The van der Waals surface area contributed by atoms with E-state index in [4.69, 9.17) is 5.73 Å². The molecule has 7 nitrogen and oxygen atoms in total. The number of aromatic nitrogens is 2. The number of nitrogens with zero attached hydrogens (tertiary/aromatic N) is 4. The van der Waals surface area contributed by atoms with E-state index in [0.29, 0.717) is 19.4 Å². The molecule has 2 saturated heterocycles. The molecule has 1 spiro atoms. The largest absolute Gasteiger partial charge is 0.370 e. The lowest BCUT2D eigenvalue weighted by Gasteiger charge is -2.48. The zero-order valence-electron chi connectivity index (χ0n) is 15.6. The Kier molecular flexibility index (Phi) is 5.86. The highest BCUT2D eigenvalue weighted by molar-refractivity contribution is 5.77. The van der Waals surface area contributed by atoms with Crippen LogP contribution in [0.25, 0.3) is 0 Å². The summed E-state index contributed by atoms with van der Waals surface area (Å²) in [6, 6.07) is 0. The molecule has 2 N–H and O–H groups in total. The quantitative estimate of drug-likeness (QED) is 0.825. The molecule has 1 aromatic heterocycles. The van der Waals surface area contributed by atoms with Gasteiger partial charge in [-0.25, -0.2) is 0 Å². The van der Waals surface area contributed by atoms with Crippen LogP contribution in [0, 0.1) is 12.3 Å². The van der Waals surface area contributed by atoms with Gasteiger partial charge in [-0.1, -0.05) is 0 Å². The minimum atomic E-state index is -0.231. The summed E-state index contributed by atoms with van der Waals surface area (Å²) in [5.41, 5.74) is 7.14. The fraction of sp³-hybridized carbons (Fsp3) is 0.684. The van der Waals surface area contributed by atoms with Crippen molar-refractivity contribution in [3.05, 3.63) is 23.8 Å². The Morgan fingerprint density at radius 3 is 2.85 bits per heavy atom. The van der Waals surface area contributed by atoms with Crippen molar-refractivity contribution in [3.8, 4) is 0 Å². The molecule has 0 bridgehead atoms. The second-order valence-corrected chi connectivity index (χ2v) is 7.85. The first-order chi connectivity index (χ1) is 12.5. The van der Waals surface area contributed by atoms with E-state index < -0.39 is 0 Å². The summed E-state index contributed by atoms with van der Waals surface area (Å²) in [7, 11) is 0. The number of nitrogens with two attached hydrogens (primary N) is 1. The van der Waals surface area contributed by atoms with Gasteiger partial charge in [-0.15, -0.1) is 0 Å². The van der Waals surface area contributed by atoms with Crippen LogP contribution in [-0.2, 0) is 16.1 Å². The first-order valence-electron chi connectivity index (χ1n) is 9.52. The van der Waals surface area contributed by atoms with E-state index in [2.05, 4.69) is 14.9 Å². The minimum Gasteiger partial charge on any atom is -0.370 e. The van der Waals surface area contributed by atoms with E-state index >= 15 is 0 Å². The van der Waals surface area contributed by atoms with Crippen LogP contribution in [0.3, 0.4) is 0 Å². The predicted octanol–water partition coefficient (Wildman–Crippen LogP) is 1.26. The van der Waals surface area contributed by atoms with Gasteiger partial charge in [0.25, 0.3) is 0 Å². The third kappa shape index (κ3) is 4.78. The molecule has 2 aliphatic heterocycles. The van der Waals surface area contributed by atoms with Crippen LogP contribution in [0.4, 0.5) is 0 Å². The predicted molar refractivity (Wildman–Crippen MR) is 98.0 cm³/mol. The summed E-state index contributed by atoms with van der Waals surface area (Å²) in [6.07, 6.45) is 8.63.